The molecule has 1 fully saturated rings. The minimum absolute atomic E-state index is 0.0406. The van der Waals surface area contributed by atoms with Gasteiger partial charge in [-0.25, -0.2) is 9.37 Å². The van der Waals surface area contributed by atoms with Crippen LogP contribution in [-0.2, 0) is 5.41 Å². The van der Waals surface area contributed by atoms with E-state index in [1.165, 1.54) is 12.1 Å². The Morgan fingerprint density at radius 3 is 2.76 bits per heavy atom. The molecule has 0 radical (unpaired) electrons. The Labute approximate surface area is 136 Å². The fraction of sp³-hybridized carbons (Fsp3) is 0.400. The highest BCUT2D eigenvalue weighted by Crippen LogP contribution is 2.37. The predicted octanol–water partition coefficient (Wildman–Crippen LogP) is 4.07. The number of hydrogen-bond acceptors (Lipinski definition) is 2. The summed E-state index contributed by atoms with van der Waals surface area (Å²) >= 11 is 9.66. The molecule has 1 N–H and O–H groups in total. The molecule has 1 aromatic heterocycles. The largest absolute Gasteiger partial charge is 0.317 e. The maximum Gasteiger partial charge on any atom is 0.125 e. The van der Waals surface area contributed by atoms with Gasteiger partial charge in [-0.3, -0.25) is 0 Å². The zero-order chi connectivity index (χ0) is 15.0. The Morgan fingerprint density at radius 1 is 1.38 bits per heavy atom. The van der Waals surface area contributed by atoms with E-state index in [0.29, 0.717) is 9.50 Å². The van der Waals surface area contributed by atoms with Gasteiger partial charge >= 0.3 is 0 Å². The van der Waals surface area contributed by atoms with Gasteiger partial charge in [0.05, 0.1) is 17.0 Å². The number of hydrogen-bond donors (Lipinski definition) is 1. The Kier molecular flexibility index (Phi) is 4.08. The van der Waals surface area contributed by atoms with Crippen molar-refractivity contribution in [1.29, 1.82) is 0 Å². The lowest BCUT2D eigenvalue weighted by molar-refractivity contribution is 0.324. The first-order valence-electron chi connectivity index (χ1n) is 6.90. The number of halogens is 3. The van der Waals surface area contributed by atoms with Crippen molar-refractivity contribution < 1.29 is 4.39 Å². The normalized spacial score (nSPS) is 17.9. The van der Waals surface area contributed by atoms with Gasteiger partial charge in [0.25, 0.3) is 0 Å². The van der Waals surface area contributed by atoms with Crippen molar-refractivity contribution in [1.82, 2.24) is 14.9 Å². The van der Waals surface area contributed by atoms with Gasteiger partial charge in [0, 0.05) is 21.8 Å². The van der Waals surface area contributed by atoms with Crippen LogP contribution in [0.3, 0.4) is 0 Å². The fourth-order valence-electron chi connectivity index (χ4n) is 2.92. The Hall–Kier alpha value is -0.910. The van der Waals surface area contributed by atoms with Crippen LogP contribution in [0.5, 0.6) is 0 Å². The van der Waals surface area contributed by atoms with Crippen molar-refractivity contribution in [3.05, 3.63) is 45.7 Å². The van der Waals surface area contributed by atoms with Gasteiger partial charge in [-0.2, -0.15) is 0 Å². The minimum atomic E-state index is -0.356. The van der Waals surface area contributed by atoms with Crippen molar-refractivity contribution >= 4 is 27.5 Å². The van der Waals surface area contributed by atoms with Crippen LogP contribution < -0.4 is 5.32 Å². The summed E-state index contributed by atoms with van der Waals surface area (Å²) in [7, 11) is 0. The molecule has 21 heavy (non-hydrogen) atoms. The molecule has 0 bridgehead atoms. The molecule has 0 amide bonds. The molecule has 0 aliphatic carbocycles. The number of nitrogens with zero attached hydrogens (tertiary/aromatic N) is 2. The van der Waals surface area contributed by atoms with E-state index in [1.54, 1.807) is 6.33 Å². The molecule has 3 rings (SSSR count). The standard InChI is InChI=1S/C15H16BrClFN3/c1-15(2-4-19-5-3-15)13-8-20-9-21(13)14-11(16)6-10(18)7-12(14)17/h6-9,19H,2-5H2,1H3. The third-order valence-electron chi connectivity index (χ3n) is 4.19. The van der Waals surface area contributed by atoms with Crippen LogP contribution in [0.2, 0.25) is 5.02 Å². The molecular weight excluding hydrogens is 357 g/mol. The first-order chi connectivity index (χ1) is 10.0. The van der Waals surface area contributed by atoms with Crippen LogP contribution in [0.25, 0.3) is 5.69 Å². The van der Waals surface area contributed by atoms with Gasteiger partial charge in [0.15, 0.2) is 0 Å². The summed E-state index contributed by atoms with van der Waals surface area (Å²) in [6.07, 6.45) is 5.70. The summed E-state index contributed by atoms with van der Waals surface area (Å²) in [6.45, 7) is 4.21. The van der Waals surface area contributed by atoms with Crippen LogP contribution in [0, 0.1) is 5.82 Å². The van der Waals surface area contributed by atoms with E-state index in [-0.39, 0.29) is 11.2 Å². The van der Waals surface area contributed by atoms with Crippen LogP contribution in [0.4, 0.5) is 4.39 Å². The number of nitrogens with one attached hydrogen (secondary N) is 1. The van der Waals surface area contributed by atoms with Gasteiger partial charge < -0.3 is 9.88 Å². The van der Waals surface area contributed by atoms with Crippen molar-refractivity contribution in [2.24, 2.45) is 0 Å². The second-order valence-electron chi connectivity index (χ2n) is 5.68. The lowest BCUT2D eigenvalue weighted by Crippen LogP contribution is -2.38. The average Bonchev–Trinajstić information content (AvgIpc) is 2.88. The molecule has 0 atom stereocenters. The number of rotatable bonds is 2. The quantitative estimate of drug-likeness (QED) is 0.861. The molecule has 1 aliphatic heterocycles. The molecule has 0 unspecified atom stereocenters. The Bertz CT molecular complexity index is 642. The van der Waals surface area contributed by atoms with E-state index >= 15 is 0 Å². The van der Waals surface area contributed by atoms with Crippen molar-refractivity contribution in [3.63, 3.8) is 0 Å². The van der Waals surface area contributed by atoms with Gasteiger partial charge in [0.2, 0.25) is 0 Å². The van der Waals surface area contributed by atoms with Crippen LogP contribution >= 0.6 is 27.5 Å². The third-order valence-corrected chi connectivity index (χ3v) is 5.08. The zero-order valence-electron chi connectivity index (χ0n) is 11.7. The van der Waals surface area contributed by atoms with Crippen LogP contribution in [0.1, 0.15) is 25.5 Å². The fourth-order valence-corrected chi connectivity index (χ4v) is 3.95. The monoisotopic (exact) mass is 371 g/mol. The highest BCUT2D eigenvalue weighted by molar-refractivity contribution is 9.10. The summed E-state index contributed by atoms with van der Waals surface area (Å²) in [5, 5.41) is 3.75. The Morgan fingerprint density at radius 2 is 2.10 bits per heavy atom. The molecule has 0 saturated carbocycles. The van der Waals surface area contributed by atoms with E-state index in [2.05, 4.69) is 33.2 Å². The maximum absolute atomic E-state index is 13.4. The van der Waals surface area contributed by atoms with E-state index in [4.69, 9.17) is 11.6 Å². The van der Waals surface area contributed by atoms with Gasteiger partial charge in [-0.1, -0.05) is 18.5 Å². The zero-order valence-corrected chi connectivity index (χ0v) is 14.0. The SMILES string of the molecule is CC1(c2cncn2-c2c(Cl)cc(F)cc2Br)CCNCC1. The second-order valence-corrected chi connectivity index (χ2v) is 6.94. The van der Waals surface area contributed by atoms with Gasteiger partial charge in [0.1, 0.15) is 5.82 Å². The number of piperidine rings is 1. The molecule has 1 aliphatic rings. The topological polar surface area (TPSA) is 29.9 Å². The van der Waals surface area contributed by atoms with E-state index in [9.17, 15) is 4.39 Å². The summed E-state index contributed by atoms with van der Waals surface area (Å²) in [5.41, 5.74) is 1.89. The molecule has 2 heterocycles. The highest BCUT2D eigenvalue weighted by Gasteiger charge is 2.32. The number of imidazole rings is 1. The van der Waals surface area contributed by atoms with E-state index in [1.807, 2.05) is 10.8 Å². The smallest absolute Gasteiger partial charge is 0.125 e. The van der Waals surface area contributed by atoms with E-state index in [0.717, 1.165) is 37.3 Å². The molecule has 3 nitrogen and oxygen atoms in total. The van der Waals surface area contributed by atoms with Gasteiger partial charge in [-0.15, -0.1) is 0 Å². The van der Waals surface area contributed by atoms with Crippen molar-refractivity contribution in [2.45, 2.75) is 25.2 Å². The first kappa shape index (κ1) is 15.0. The summed E-state index contributed by atoms with van der Waals surface area (Å²) in [4.78, 5) is 4.29. The maximum atomic E-state index is 13.4. The van der Waals surface area contributed by atoms with Crippen molar-refractivity contribution in [2.75, 3.05) is 13.1 Å². The first-order valence-corrected chi connectivity index (χ1v) is 8.07. The molecule has 6 heteroatoms. The lowest BCUT2D eigenvalue weighted by atomic mass is 9.78. The summed E-state index contributed by atoms with van der Waals surface area (Å²) < 4.78 is 16.0. The predicted molar refractivity (Wildman–Crippen MR) is 85.7 cm³/mol. The number of benzene rings is 1. The highest BCUT2D eigenvalue weighted by atomic mass is 79.9. The second kappa shape index (κ2) is 5.71. The molecule has 1 aromatic carbocycles. The molecule has 112 valence electrons. The minimum Gasteiger partial charge on any atom is -0.317 e. The van der Waals surface area contributed by atoms with Crippen LogP contribution in [0.15, 0.2) is 29.1 Å². The lowest BCUT2D eigenvalue weighted by Gasteiger charge is -2.34. The van der Waals surface area contributed by atoms with E-state index < -0.39 is 0 Å². The summed E-state index contributed by atoms with van der Waals surface area (Å²) in [6, 6.07) is 2.76. The average molecular weight is 373 g/mol. The number of aromatic nitrogens is 2. The van der Waals surface area contributed by atoms with Crippen LogP contribution in [-0.4, -0.2) is 22.6 Å². The van der Waals surface area contributed by atoms with Crippen molar-refractivity contribution in [3.8, 4) is 5.69 Å². The molecular formula is C15H16BrClFN3. The molecule has 0 spiro atoms. The Balaban J connectivity index is 2.11. The molecule has 2 aromatic rings. The molecule has 1 saturated heterocycles. The van der Waals surface area contributed by atoms with Gasteiger partial charge in [-0.05, 0) is 54.0 Å². The summed E-state index contributed by atoms with van der Waals surface area (Å²) in [5.74, 6) is -0.356. The third kappa shape index (κ3) is 2.74.